The Bertz CT molecular complexity index is 319. The maximum Gasteiger partial charge on any atom is 0.0378 e. The number of hydrogen-bond acceptors (Lipinski definition) is 1. The second-order valence-corrected chi connectivity index (χ2v) is 4.52. The van der Waals surface area contributed by atoms with Crippen LogP contribution in [0.4, 0.5) is 5.69 Å². The predicted octanol–water partition coefficient (Wildman–Crippen LogP) is 4.16. The first kappa shape index (κ1) is 10.5. The number of hydrogen-bond donors (Lipinski definition) is 1. The molecule has 0 bridgehead atoms. The van der Waals surface area contributed by atoms with E-state index in [-0.39, 0.29) is 0 Å². The zero-order valence-electron chi connectivity index (χ0n) is 9.79. The Labute approximate surface area is 92.9 Å². The average molecular weight is 203 g/mol. The van der Waals surface area contributed by atoms with Crippen molar-refractivity contribution in [2.45, 2.75) is 51.5 Å². The lowest BCUT2D eigenvalue weighted by Crippen LogP contribution is -2.20. The quantitative estimate of drug-likeness (QED) is 0.774. The minimum Gasteiger partial charge on any atom is -0.381 e. The molecule has 1 aromatic rings. The van der Waals surface area contributed by atoms with Crippen LogP contribution < -0.4 is 5.32 Å². The van der Waals surface area contributed by atoms with Gasteiger partial charge in [-0.05, 0) is 24.5 Å². The molecular formula is C14H21N. The molecule has 2 atom stereocenters. The van der Waals surface area contributed by atoms with Crippen LogP contribution in [0.1, 0.15) is 51.0 Å². The molecule has 0 spiro atoms. The van der Waals surface area contributed by atoms with E-state index >= 15 is 0 Å². The molecule has 0 saturated carbocycles. The average Bonchev–Trinajstić information content (AvgIpc) is 2.59. The van der Waals surface area contributed by atoms with Crippen LogP contribution in [0, 0.1) is 0 Å². The van der Waals surface area contributed by atoms with Crippen molar-refractivity contribution in [3.63, 3.8) is 0 Å². The van der Waals surface area contributed by atoms with Gasteiger partial charge in [0.25, 0.3) is 0 Å². The molecule has 1 heteroatoms. The lowest BCUT2D eigenvalue weighted by atomic mass is 9.89. The lowest BCUT2D eigenvalue weighted by Gasteiger charge is -2.19. The van der Waals surface area contributed by atoms with Crippen LogP contribution in [0.2, 0.25) is 0 Å². The highest BCUT2D eigenvalue weighted by Gasteiger charge is 2.29. The second kappa shape index (κ2) is 4.69. The molecule has 82 valence electrons. The fourth-order valence-electron chi connectivity index (χ4n) is 2.72. The highest BCUT2D eigenvalue weighted by molar-refractivity contribution is 5.59. The summed E-state index contributed by atoms with van der Waals surface area (Å²) in [5.74, 6) is 0.742. The van der Waals surface area contributed by atoms with Gasteiger partial charge >= 0.3 is 0 Å². The van der Waals surface area contributed by atoms with Crippen molar-refractivity contribution in [3.05, 3.63) is 29.8 Å². The summed E-state index contributed by atoms with van der Waals surface area (Å²) >= 11 is 0. The molecule has 1 heterocycles. The Hall–Kier alpha value is -0.980. The van der Waals surface area contributed by atoms with E-state index in [0.29, 0.717) is 6.04 Å². The summed E-state index contributed by atoms with van der Waals surface area (Å²) in [4.78, 5) is 0. The molecule has 0 fully saturated rings. The normalized spacial score (nSPS) is 23.6. The molecule has 1 nitrogen and oxygen atoms in total. The van der Waals surface area contributed by atoms with Crippen LogP contribution in [0.5, 0.6) is 0 Å². The van der Waals surface area contributed by atoms with E-state index in [2.05, 4.69) is 43.4 Å². The zero-order chi connectivity index (χ0) is 10.7. The lowest BCUT2D eigenvalue weighted by molar-refractivity contribution is 0.513. The summed E-state index contributed by atoms with van der Waals surface area (Å²) in [7, 11) is 0. The Morgan fingerprint density at radius 2 is 1.80 bits per heavy atom. The summed E-state index contributed by atoms with van der Waals surface area (Å²) in [6, 6.07) is 9.47. The van der Waals surface area contributed by atoms with Crippen molar-refractivity contribution in [1.82, 2.24) is 0 Å². The SMILES string of the molecule is CCCC1Nc2ccccc2C1CCC. The Balaban J connectivity index is 2.21. The first-order valence-corrected chi connectivity index (χ1v) is 6.22. The van der Waals surface area contributed by atoms with Gasteiger partial charge in [-0.3, -0.25) is 0 Å². The molecule has 1 aliphatic heterocycles. The molecular weight excluding hydrogens is 182 g/mol. The third-order valence-electron chi connectivity index (χ3n) is 3.39. The molecule has 2 unspecified atom stereocenters. The van der Waals surface area contributed by atoms with Crippen LogP contribution in [0.15, 0.2) is 24.3 Å². The number of rotatable bonds is 4. The molecule has 0 aromatic heterocycles. The maximum absolute atomic E-state index is 3.67. The van der Waals surface area contributed by atoms with Crippen LogP contribution in [-0.2, 0) is 0 Å². The third-order valence-corrected chi connectivity index (χ3v) is 3.39. The van der Waals surface area contributed by atoms with Gasteiger partial charge < -0.3 is 5.32 Å². The van der Waals surface area contributed by atoms with E-state index in [9.17, 15) is 0 Å². The van der Waals surface area contributed by atoms with E-state index in [1.54, 1.807) is 0 Å². The van der Waals surface area contributed by atoms with Crippen molar-refractivity contribution in [2.24, 2.45) is 0 Å². The fourth-order valence-corrected chi connectivity index (χ4v) is 2.72. The minimum atomic E-state index is 0.673. The molecule has 1 aromatic carbocycles. The van der Waals surface area contributed by atoms with E-state index in [0.717, 1.165) is 5.92 Å². The van der Waals surface area contributed by atoms with Gasteiger partial charge in [-0.25, -0.2) is 0 Å². The van der Waals surface area contributed by atoms with E-state index in [1.165, 1.54) is 36.9 Å². The van der Waals surface area contributed by atoms with Crippen molar-refractivity contribution >= 4 is 5.69 Å². The van der Waals surface area contributed by atoms with Crippen molar-refractivity contribution in [1.29, 1.82) is 0 Å². The number of fused-ring (bicyclic) bond motifs is 1. The first-order valence-electron chi connectivity index (χ1n) is 6.22. The predicted molar refractivity (Wildman–Crippen MR) is 66.4 cm³/mol. The maximum atomic E-state index is 3.67. The number of benzene rings is 1. The summed E-state index contributed by atoms with van der Waals surface area (Å²) in [5, 5.41) is 3.67. The van der Waals surface area contributed by atoms with Gasteiger partial charge in [-0.15, -0.1) is 0 Å². The molecule has 0 aliphatic carbocycles. The number of para-hydroxylation sites is 1. The summed E-state index contributed by atoms with van der Waals surface area (Å²) < 4.78 is 0. The summed E-state index contributed by atoms with van der Waals surface area (Å²) in [5.41, 5.74) is 2.91. The van der Waals surface area contributed by atoms with Gasteiger partial charge in [0.05, 0.1) is 0 Å². The Morgan fingerprint density at radius 3 is 2.53 bits per heavy atom. The standard InChI is InChI=1S/C14H21N/c1-3-7-11-12-9-5-6-10-14(12)15-13(11)8-4-2/h5-6,9-11,13,15H,3-4,7-8H2,1-2H3. The largest absolute Gasteiger partial charge is 0.381 e. The van der Waals surface area contributed by atoms with Crippen LogP contribution in [0.25, 0.3) is 0 Å². The number of nitrogens with one attached hydrogen (secondary N) is 1. The highest BCUT2D eigenvalue weighted by Crippen LogP contribution is 2.39. The monoisotopic (exact) mass is 203 g/mol. The second-order valence-electron chi connectivity index (χ2n) is 4.52. The molecule has 1 N–H and O–H groups in total. The zero-order valence-corrected chi connectivity index (χ0v) is 9.79. The molecule has 2 rings (SSSR count). The molecule has 0 amide bonds. The van der Waals surface area contributed by atoms with Crippen molar-refractivity contribution in [3.8, 4) is 0 Å². The smallest absolute Gasteiger partial charge is 0.0378 e. The molecule has 15 heavy (non-hydrogen) atoms. The molecule has 0 saturated heterocycles. The fraction of sp³-hybridized carbons (Fsp3) is 0.571. The number of anilines is 1. The van der Waals surface area contributed by atoms with E-state index < -0.39 is 0 Å². The first-order chi connectivity index (χ1) is 7.36. The molecule has 1 aliphatic rings. The van der Waals surface area contributed by atoms with Crippen LogP contribution in [-0.4, -0.2) is 6.04 Å². The van der Waals surface area contributed by atoms with Gasteiger partial charge in [0, 0.05) is 17.6 Å². The Kier molecular flexibility index (Phi) is 3.30. The van der Waals surface area contributed by atoms with Crippen molar-refractivity contribution in [2.75, 3.05) is 5.32 Å². The summed E-state index contributed by atoms with van der Waals surface area (Å²) in [6.45, 7) is 4.55. The summed E-state index contributed by atoms with van der Waals surface area (Å²) in [6.07, 6.45) is 5.15. The van der Waals surface area contributed by atoms with Gasteiger partial charge in [0.2, 0.25) is 0 Å². The van der Waals surface area contributed by atoms with Gasteiger partial charge in [0.15, 0.2) is 0 Å². The molecule has 0 radical (unpaired) electrons. The third kappa shape index (κ3) is 2.01. The van der Waals surface area contributed by atoms with Gasteiger partial charge in [0.1, 0.15) is 0 Å². The Morgan fingerprint density at radius 1 is 1.07 bits per heavy atom. The van der Waals surface area contributed by atoms with Crippen LogP contribution >= 0.6 is 0 Å². The minimum absolute atomic E-state index is 0.673. The topological polar surface area (TPSA) is 12.0 Å². The van der Waals surface area contributed by atoms with Gasteiger partial charge in [-0.2, -0.15) is 0 Å². The highest BCUT2D eigenvalue weighted by atomic mass is 15.0. The van der Waals surface area contributed by atoms with E-state index in [4.69, 9.17) is 0 Å². The van der Waals surface area contributed by atoms with E-state index in [1.807, 2.05) is 0 Å². The van der Waals surface area contributed by atoms with Gasteiger partial charge in [-0.1, -0.05) is 44.9 Å². The van der Waals surface area contributed by atoms with Crippen molar-refractivity contribution < 1.29 is 0 Å². The van der Waals surface area contributed by atoms with Crippen LogP contribution in [0.3, 0.4) is 0 Å².